The Kier molecular flexibility index (Phi) is 8.04. The highest BCUT2D eigenvalue weighted by atomic mass is 32.1. The molecule has 1 amide bonds. The Morgan fingerprint density at radius 3 is 2.41 bits per heavy atom. The van der Waals surface area contributed by atoms with Gasteiger partial charge in [0, 0.05) is 23.2 Å². The molecule has 0 radical (unpaired) electrons. The van der Waals surface area contributed by atoms with Crippen LogP contribution in [0.2, 0.25) is 0 Å². The summed E-state index contributed by atoms with van der Waals surface area (Å²) in [6.07, 6.45) is 1.76. The number of amides is 1. The summed E-state index contributed by atoms with van der Waals surface area (Å²) in [5, 5.41) is 15.0. The number of nitrogens with one attached hydrogen (secondary N) is 1. The first-order valence-electron chi connectivity index (χ1n) is 11.3. The van der Waals surface area contributed by atoms with Crippen LogP contribution in [0.1, 0.15) is 61.2 Å². The second-order valence-electron chi connectivity index (χ2n) is 9.10. The van der Waals surface area contributed by atoms with Crippen molar-refractivity contribution in [3.8, 4) is 10.6 Å². The van der Waals surface area contributed by atoms with E-state index in [9.17, 15) is 19.5 Å². The van der Waals surface area contributed by atoms with Gasteiger partial charge < -0.3 is 15.0 Å². The third-order valence-corrected chi connectivity index (χ3v) is 6.58. The van der Waals surface area contributed by atoms with Crippen LogP contribution in [-0.4, -0.2) is 26.5 Å². The van der Waals surface area contributed by atoms with Gasteiger partial charge in [0.2, 0.25) is 5.91 Å². The van der Waals surface area contributed by atoms with Gasteiger partial charge in [0.05, 0.1) is 18.2 Å². The zero-order valence-electron chi connectivity index (χ0n) is 20.2. The summed E-state index contributed by atoms with van der Waals surface area (Å²) in [6, 6.07) is 7.72. The molecule has 0 saturated carbocycles. The van der Waals surface area contributed by atoms with E-state index in [1.807, 2.05) is 52.8 Å². The summed E-state index contributed by atoms with van der Waals surface area (Å²) < 4.78 is 1.42. The minimum Gasteiger partial charge on any atom is -0.481 e. The van der Waals surface area contributed by atoms with Crippen molar-refractivity contribution >= 4 is 23.2 Å². The molecule has 0 fully saturated rings. The maximum absolute atomic E-state index is 13.4. The monoisotopic (exact) mass is 481 g/mol. The number of pyridine rings is 1. The topological polar surface area (TPSA) is 101 Å². The highest BCUT2D eigenvalue weighted by Crippen LogP contribution is 2.32. The number of hydrogen-bond donors (Lipinski definition) is 2. The van der Waals surface area contributed by atoms with Crippen LogP contribution in [0.5, 0.6) is 0 Å². The van der Waals surface area contributed by atoms with Gasteiger partial charge >= 0.3 is 5.97 Å². The molecule has 3 rings (SSSR count). The third-order valence-electron chi connectivity index (χ3n) is 5.71. The van der Waals surface area contributed by atoms with Crippen LogP contribution in [0, 0.1) is 26.7 Å². The van der Waals surface area contributed by atoms with E-state index in [0.29, 0.717) is 12.1 Å². The molecule has 2 N–H and O–H groups in total. The average molecular weight is 482 g/mol. The molecule has 0 aliphatic heterocycles. The summed E-state index contributed by atoms with van der Waals surface area (Å²) in [6.45, 7) is 9.80. The van der Waals surface area contributed by atoms with E-state index in [0.717, 1.165) is 27.3 Å². The van der Waals surface area contributed by atoms with Gasteiger partial charge in [0.15, 0.2) is 0 Å². The Morgan fingerprint density at radius 2 is 1.82 bits per heavy atom. The van der Waals surface area contributed by atoms with Gasteiger partial charge in [-0.15, -0.1) is 11.3 Å². The van der Waals surface area contributed by atoms with Crippen molar-refractivity contribution in [2.24, 2.45) is 5.92 Å². The normalized spacial score (nSPS) is 13.0. The predicted molar refractivity (Wildman–Crippen MR) is 134 cm³/mol. The lowest BCUT2D eigenvalue weighted by Crippen LogP contribution is -2.40. The molecule has 0 aliphatic carbocycles. The number of aromatic nitrogens is 2. The lowest BCUT2D eigenvalue weighted by Gasteiger charge is -2.24. The number of carbonyl (C=O) groups excluding carboxylic acids is 1. The fraction of sp³-hybridized carbons (Fsp3) is 0.385. The number of nitrogens with zero attached hydrogens (tertiary/aromatic N) is 2. The Morgan fingerprint density at radius 1 is 1.15 bits per heavy atom. The minimum absolute atomic E-state index is 0.150. The van der Waals surface area contributed by atoms with Crippen LogP contribution in [0.3, 0.4) is 0 Å². The van der Waals surface area contributed by atoms with E-state index in [2.05, 4.69) is 5.32 Å². The fourth-order valence-corrected chi connectivity index (χ4v) is 5.07. The van der Waals surface area contributed by atoms with Crippen molar-refractivity contribution in [3.05, 3.63) is 74.6 Å². The molecule has 34 heavy (non-hydrogen) atoms. The van der Waals surface area contributed by atoms with Crippen molar-refractivity contribution in [2.75, 3.05) is 0 Å². The molecule has 0 aliphatic rings. The second-order valence-corrected chi connectivity index (χ2v) is 9.96. The number of aryl methyl sites for hydroxylation is 3. The Balaban J connectivity index is 1.94. The first-order chi connectivity index (χ1) is 16.1. The largest absolute Gasteiger partial charge is 0.481 e. The summed E-state index contributed by atoms with van der Waals surface area (Å²) >= 11 is 1.42. The quantitative estimate of drug-likeness (QED) is 0.456. The predicted octanol–water partition coefficient (Wildman–Crippen LogP) is 4.82. The third kappa shape index (κ3) is 5.99. The zero-order chi connectivity index (χ0) is 25.0. The van der Waals surface area contributed by atoms with Crippen LogP contribution < -0.4 is 10.9 Å². The van der Waals surface area contributed by atoms with E-state index in [1.54, 1.807) is 17.6 Å². The molecule has 0 unspecified atom stereocenters. The Labute approximate surface area is 203 Å². The SMILES string of the molecule is Cc1ccn([C@H](CC(C)C)C(=O)N[C@@H](CC(=O)O)c2csc(-c3c(C)cccc3C)n2)c(=O)c1. The van der Waals surface area contributed by atoms with Gasteiger partial charge in [-0.2, -0.15) is 0 Å². The van der Waals surface area contributed by atoms with E-state index < -0.39 is 24.0 Å². The number of thiazole rings is 1. The highest BCUT2D eigenvalue weighted by molar-refractivity contribution is 7.13. The van der Waals surface area contributed by atoms with Crippen molar-refractivity contribution in [1.82, 2.24) is 14.9 Å². The van der Waals surface area contributed by atoms with Crippen molar-refractivity contribution in [1.29, 1.82) is 0 Å². The maximum atomic E-state index is 13.4. The van der Waals surface area contributed by atoms with Crippen LogP contribution in [0.15, 0.2) is 46.7 Å². The highest BCUT2D eigenvalue weighted by Gasteiger charge is 2.28. The molecule has 0 saturated heterocycles. The van der Waals surface area contributed by atoms with Crippen LogP contribution in [0.4, 0.5) is 0 Å². The molecular formula is C26H31N3O4S. The van der Waals surface area contributed by atoms with Crippen LogP contribution in [0.25, 0.3) is 10.6 Å². The average Bonchev–Trinajstić information content (AvgIpc) is 3.21. The summed E-state index contributed by atoms with van der Waals surface area (Å²) in [5.74, 6) is -1.29. The summed E-state index contributed by atoms with van der Waals surface area (Å²) in [5.41, 5.74) is 4.23. The number of carboxylic acid groups (broad SMARTS) is 1. The van der Waals surface area contributed by atoms with E-state index in [4.69, 9.17) is 4.98 Å². The van der Waals surface area contributed by atoms with Crippen LogP contribution in [-0.2, 0) is 9.59 Å². The van der Waals surface area contributed by atoms with Gasteiger partial charge in [-0.05, 0) is 55.9 Å². The Hall–Kier alpha value is -3.26. The van der Waals surface area contributed by atoms with Gasteiger partial charge in [0.1, 0.15) is 11.0 Å². The number of hydrogen-bond acceptors (Lipinski definition) is 5. The maximum Gasteiger partial charge on any atom is 0.305 e. The number of aliphatic carboxylic acids is 1. The Bertz CT molecular complexity index is 1220. The molecule has 2 atom stereocenters. The number of rotatable bonds is 9. The van der Waals surface area contributed by atoms with Crippen molar-refractivity contribution in [3.63, 3.8) is 0 Å². The molecule has 3 aromatic rings. The van der Waals surface area contributed by atoms with E-state index in [-0.39, 0.29) is 17.9 Å². The lowest BCUT2D eigenvalue weighted by atomic mass is 10.0. The molecule has 0 bridgehead atoms. The molecular weight excluding hydrogens is 450 g/mol. The molecule has 180 valence electrons. The fourth-order valence-electron chi connectivity index (χ4n) is 4.02. The first-order valence-corrected chi connectivity index (χ1v) is 12.2. The number of carbonyl (C=O) groups is 2. The molecule has 1 aromatic carbocycles. The lowest BCUT2D eigenvalue weighted by molar-refractivity contribution is -0.138. The second kappa shape index (κ2) is 10.8. The summed E-state index contributed by atoms with van der Waals surface area (Å²) in [7, 11) is 0. The minimum atomic E-state index is -1.04. The van der Waals surface area contributed by atoms with E-state index >= 15 is 0 Å². The first kappa shape index (κ1) is 25.4. The van der Waals surface area contributed by atoms with Gasteiger partial charge in [0.25, 0.3) is 5.56 Å². The molecule has 2 aromatic heterocycles. The van der Waals surface area contributed by atoms with Crippen LogP contribution >= 0.6 is 11.3 Å². The standard InChI is InChI=1S/C26H31N3O4S/c1-15(2)11-21(29-10-9-16(3)12-22(29)30)25(33)27-19(13-23(31)32)20-14-34-26(28-20)24-17(4)7-6-8-18(24)5/h6-10,12,14-15,19,21H,11,13H2,1-5H3,(H,27,33)(H,31,32)/t19-,21+/m0/s1. The molecule has 7 nitrogen and oxygen atoms in total. The molecule has 0 spiro atoms. The van der Waals surface area contributed by atoms with Gasteiger partial charge in [-0.25, -0.2) is 4.98 Å². The van der Waals surface area contributed by atoms with Gasteiger partial charge in [-0.1, -0.05) is 32.0 Å². The smallest absolute Gasteiger partial charge is 0.305 e. The number of benzene rings is 1. The number of carboxylic acids is 1. The van der Waals surface area contributed by atoms with E-state index in [1.165, 1.54) is 22.0 Å². The van der Waals surface area contributed by atoms with Crippen molar-refractivity contribution in [2.45, 2.75) is 59.5 Å². The zero-order valence-corrected chi connectivity index (χ0v) is 21.0. The molecule has 8 heteroatoms. The van der Waals surface area contributed by atoms with Gasteiger partial charge in [-0.3, -0.25) is 14.4 Å². The molecule has 2 heterocycles. The summed E-state index contributed by atoms with van der Waals surface area (Å²) in [4.78, 5) is 42.3. The van der Waals surface area contributed by atoms with Crippen molar-refractivity contribution < 1.29 is 14.7 Å².